The summed E-state index contributed by atoms with van der Waals surface area (Å²) >= 11 is 1.25. The number of anilines is 3. The third-order valence-electron chi connectivity index (χ3n) is 15.5. The van der Waals surface area contributed by atoms with Gasteiger partial charge in [0, 0.05) is 38.8 Å². The Balaban J connectivity index is 0.877. The fraction of sp³-hybridized carbons (Fsp3) is 0. The standard InChI is InChI=1S/C76H52N4S/c1-3-4-18-51(2)59-45-60(52-19-8-5-9-20-52)47-61(46-59)55-29-36-65(37-30-55)79(66-38-31-56(32-39-66)64-49-62(53-21-10-6-11-22-53)48-63(50-64)54-23-12-7-13-24-54)73-44-43-68(74-75(73)78-81-77-74)58-33-40-67(41-34-58)80-72-28-17-16-27-70(72)71-42-35-57-25-14-15-26-69(57)76(71)80/h3-50H,1-2H2/b18-4-. The molecule has 0 aliphatic rings. The molecule has 2 aromatic heterocycles. The van der Waals surface area contributed by atoms with Gasteiger partial charge in [0.15, 0.2) is 0 Å². The van der Waals surface area contributed by atoms with Crippen molar-refractivity contribution in [2.75, 3.05) is 4.90 Å². The predicted molar refractivity (Wildman–Crippen MR) is 345 cm³/mol. The third-order valence-corrected chi connectivity index (χ3v) is 16.1. The van der Waals surface area contributed by atoms with Crippen LogP contribution in [-0.4, -0.2) is 13.3 Å². The quantitative estimate of drug-likeness (QED) is 0.108. The molecule has 0 spiro atoms. The van der Waals surface area contributed by atoms with Crippen molar-refractivity contribution in [1.82, 2.24) is 13.3 Å². The summed E-state index contributed by atoms with van der Waals surface area (Å²) in [7, 11) is 0. The van der Waals surface area contributed by atoms with Crippen molar-refractivity contribution in [2.24, 2.45) is 0 Å². The molecule has 81 heavy (non-hydrogen) atoms. The van der Waals surface area contributed by atoms with Crippen LogP contribution in [0.3, 0.4) is 0 Å². The van der Waals surface area contributed by atoms with E-state index < -0.39 is 0 Å². The number of para-hydroxylation sites is 1. The normalized spacial score (nSPS) is 11.5. The molecular formula is C76H52N4S. The Hall–Kier alpha value is -10.5. The minimum absolute atomic E-state index is 0.831. The number of fused-ring (bicyclic) bond motifs is 6. The Morgan fingerprint density at radius 3 is 1.46 bits per heavy atom. The van der Waals surface area contributed by atoms with Gasteiger partial charge in [0.1, 0.15) is 11.0 Å². The fourth-order valence-corrected chi connectivity index (χ4v) is 12.1. The summed E-state index contributed by atoms with van der Waals surface area (Å²) in [4.78, 5) is 2.32. The van der Waals surface area contributed by atoms with Crippen LogP contribution in [0.4, 0.5) is 17.1 Å². The van der Waals surface area contributed by atoms with E-state index in [-0.39, 0.29) is 0 Å². The second kappa shape index (κ2) is 21.1. The molecule has 12 aromatic carbocycles. The number of allylic oxidation sites excluding steroid dienone is 4. The lowest BCUT2D eigenvalue weighted by Crippen LogP contribution is -2.10. The smallest absolute Gasteiger partial charge is 0.129 e. The molecule has 4 nitrogen and oxygen atoms in total. The molecule has 0 aliphatic heterocycles. The van der Waals surface area contributed by atoms with E-state index in [0.717, 1.165) is 89.4 Å². The first-order chi connectivity index (χ1) is 40.0. The van der Waals surface area contributed by atoms with E-state index in [1.807, 2.05) is 12.2 Å². The summed E-state index contributed by atoms with van der Waals surface area (Å²) in [6.45, 7) is 8.33. The Morgan fingerprint density at radius 1 is 0.407 bits per heavy atom. The molecule has 0 atom stereocenters. The fourth-order valence-electron chi connectivity index (χ4n) is 11.5. The van der Waals surface area contributed by atoms with Gasteiger partial charge in [0.25, 0.3) is 0 Å². The van der Waals surface area contributed by atoms with Crippen LogP contribution >= 0.6 is 11.7 Å². The van der Waals surface area contributed by atoms with Gasteiger partial charge < -0.3 is 9.47 Å². The number of aromatic nitrogens is 3. The second-order valence-corrected chi connectivity index (χ2v) is 20.9. The molecule has 14 rings (SSSR count). The number of nitrogens with zero attached hydrogens (tertiary/aromatic N) is 4. The lowest BCUT2D eigenvalue weighted by atomic mass is 9.93. The number of hydrogen-bond acceptors (Lipinski definition) is 4. The van der Waals surface area contributed by atoms with E-state index >= 15 is 0 Å². The summed E-state index contributed by atoms with van der Waals surface area (Å²) < 4.78 is 12.5. The first-order valence-electron chi connectivity index (χ1n) is 27.3. The molecule has 0 saturated heterocycles. The molecule has 0 amide bonds. The van der Waals surface area contributed by atoms with Crippen LogP contribution in [-0.2, 0) is 0 Å². The van der Waals surface area contributed by atoms with E-state index in [1.165, 1.54) is 66.6 Å². The summed E-state index contributed by atoms with van der Waals surface area (Å²) in [5.74, 6) is 0. The molecule has 0 fully saturated rings. The van der Waals surface area contributed by atoms with Crippen molar-refractivity contribution in [3.05, 3.63) is 310 Å². The van der Waals surface area contributed by atoms with Gasteiger partial charge in [-0.25, -0.2) is 0 Å². The van der Waals surface area contributed by atoms with Crippen molar-refractivity contribution in [3.63, 3.8) is 0 Å². The van der Waals surface area contributed by atoms with Crippen molar-refractivity contribution >= 4 is 78.0 Å². The molecule has 0 unspecified atom stereocenters. The van der Waals surface area contributed by atoms with Gasteiger partial charge in [0.2, 0.25) is 0 Å². The molecule has 2 heterocycles. The average Bonchev–Trinajstić information content (AvgIpc) is 4.26. The maximum atomic E-state index is 5.09. The van der Waals surface area contributed by atoms with E-state index in [2.05, 4.69) is 296 Å². The molecule has 0 aliphatic carbocycles. The summed E-state index contributed by atoms with van der Waals surface area (Å²) in [6, 6.07) is 98.5. The van der Waals surface area contributed by atoms with Gasteiger partial charge in [-0.3, -0.25) is 0 Å². The lowest BCUT2D eigenvalue weighted by Gasteiger charge is -2.26. The highest BCUT2D eigenvalue weighted by molar-refractivity contribution is 7.00. The monoisotopic (exact) mass is 1050 g/mol. The summed E-state index contributed by atoms with van der Waals surface area (Å²) in [6.07, 6.45) is 5.73. The molecular weight excluding hydrogens is 1000 g/mol. The highest BCUT2D eigenvalue weighted by atomic mass is 32.1. The topological polar surface area (TPSA) is 34.0 Å². The Labute approximate surface area is 475 Å². The number of benzene rings is 12. The van der Waals surface area contributed by atoms with E-state index in [0.29, 0.717) is 0 Å². The van der Waals surface area contributed by atoms with Crippen LogP contribution in [0, 0.1) is 0 Å². The minimum atomic E-state index is 0.831. The van der Waals surface area contributed by atoms with Crippen molar-refractivity contribution in [1.29, 1.82) is 0 Å². The molecule has 0 N–H and O–H groups in total. The zero-order valence-corrected chi connectivity index (χ0v) is 45.1. The first kappa shape index (κ1) is 48.9. The van der Waals surface area contributed by atoms with Crippen LogP contribution in [0.15, 0.2) is 304 Å². The lowest BCUT2D eigenvalue weighted by molar-refractivity contribution is 1.19. The number of hydrogen-bond donors (Lipinski definition) is 0. The molecule has 5 heteroatoms. The van der Waals surface area contributed by atoms with Crippen LogP contribution < -0.4 is 4.90 Å². The molecule has 0 radical (unpaired) electrons. The first-order valence-corrected chi connectivity index (χ1v) is 28.0. The molecule has 382 valence electrons. The Kier molecular flexibility index (Phi) is 12.7. The Morgan fingerprint density at radius 2 is 0.889 bits per heavy atom. The zero-order chi connectivity index (χ0) is 54.2. The van der Waals surface area contributed by atoms with Crippen molar-refractivity contribution < 1.29 is 0 Å². The van der Waals surface area contributed by atoms with E-state index in [1.54, 1.807) is 6.08 Å². The van der Waals surface area contributed by atoms with Gasteiger partial charge in [0.05, 0.1) is 28.4 Å². The molecule has 0 saturated carbocycles. The molecule has 0 bridgehead atoms. The number of rotatable bonds is 13. The van der Waals surface area contributed by atoms with Crippen molar-refractivity contribution in [2.45, 2.75) is 0 Å². The van der Waals surface area contributed by atoms with Gasteiger partial charge in [-0.15, -0.1) is 0 Å². The van der Waals surface area contributed by atoms with Crippen molar-refractivity contribution in [3.8, 4) is 72.4 Å². The maximum Gasteiger partial charge on any atom is 0.129 e. The summed E-state index contributed by atoms with van der Waals surface area (Å²) in [5, 5.41) is 4.93. The van der Waals surface area contributed by atoms with Crippen LogP contribution in [0.2, 0.25) is 0 Å². The average molecular weight is 1050 g/mol. The van der Waals surface area contributed by atoms with Gasteiger partial charge in [-0.2, -0.15) is 8.75 Å². The summed E-state index contributed by atoms with van der Waals surface area (Å²) in [5.41, 5.74) is 23.6. The van der Waals surface area contributed by atoms with E-state index in [9.17, 15) is 0 Å². The highest BCUT2D eigenvalue weighted by Crippen LogP contribution is 2.44. The second-order valence-electron chi connectivity index (χ2n) is 20.4. The zero-order valence-electron chi connectivity index (χ0n) is 44.3. The molecule has 14 aromatic rings. The van der Waals surface area contributed by atoms with Crippen LogP contribution in [0.5, 0.6) is 0 Å². The SMILES string of the molecule is C=C/C=C\C(=C)c1cc(-c2ccccc2)cc(-c2ccc(N(c3ccc(-c4cc(-c5ccccc5)cc(-c5ccccc5)c4)cc3)c3ccc(-c4ccc(-n5c6ccccc6c6ccc7ccccc7c65)cc4)c4nsnc34)cc2)c1. The van der Waals surface area contributed by atoms with E-state index in [4.69, 9.17) is 8.75 Å². The third kappa shape index (κ3) is 9.21. The van der Waals surface area contributed by atoms with Gasteiger partial charge in [-0.1, -0.05) is 213 Å². The minimum Gasteiger partial charge on any atom is -0.309 e. The maximum absolute atomic E-state index is 5.09. The highest BCUT2D eigenvalue weighted by Gasteiger charge is 2.22. The van der Waals surface area contributed by atoms with Gasteiger partial charge >= 0.3 is 0 Å². The van der Waals surface area contributed by atoms with Crippen LogP contribution in [0.25, 0.3) is 122 Å². The van der Waals surface area contributed by atoms with Gasteiger partial charge in [-0.05, 0) is 169 Å². The predicted octanol–water partition coefficient (Wildman–Crippen LogP) is 21.2. The van der Waals surface area contributed by atoms with Crippen LogP contribution in [0.1, 0.15) is 5.56 Å². The largest absolute Gasteiger partial charge is 0.309 e. The Bertz CT molecular complexity index is 4630.